The van der Waals surface area contributed by atoms with Crippen LogP contribution in [0.4, 0.5) is 4.79 Å². The van der Waals surface area contributed by atoms with Crippen molar-refractivity contribution in [3.63, 3.8) is 0 Å². The zero-order valence-electron chi connectivity index (χ0n) is 11.8. The molecule has 5 nitrogen and oxygen atoms in total. The first kappa shape index (κ1) is 16.3. The van der Waals surface area contributed by atoms with E-state index in [1.165, 1.54) is 4.90 Å². The number of halogens is 1. The van der Waals surface area contributed by atoms with Gasteiger partial charge in [-0.15, -0.1) is 0 Å². The molecule has 20 heavy (non-hydrogen) atoms. The molecule has 0 radical (unpaired) electrons. The van der Waals surface area contributed by atoms with Crippen molar-refractivity contribution in [2.24, 2.45) is 5.92 Å². The Balaban J connectivity index is 2.56. The van der Waals surface area contributed by atoms with Crippen LogP contribution in [0.3, 0.4) is 0 Å². The molecule has 0 spiro atoms. The largest absolute Gasteiger partial charge is 0.481 e. The summed E-state index contributed by atoms with van der Waals surface area (Å²) in [6.45, 7) is 3.58. The average molecular weight is 299 g/mol. The van der Waals surface area contributed by atoms with Crippen LogP contribution < -0.4 is 5.32 Å². The molecule has 2 unspecified atom stereocenters. The van der Waals surface area contributed by atoms with E-state index in [4.69, 9.17) is 16.7 Å². The first-order valence-corrected chi connectivity index (χ1v) is 6.69. The van der Waals surface area contributed by atoms with Gasteiger partial charge in [0, 0.05) is 18.6 Å². The van der Waals surface area contributed by atoms with Gasteiger partial charge in [-0.1, -0.05) is 30.7 Å². The van der Waals surface area contributed by atoms with Gasteiger partial charge in [-0.2, -0.15) is 0 Å². The number of carbonyl (C=O) groups excluding carboxylic acids is 1. The van der Waals surface area contributed by atoms with Gasteiger partial charge < -0.3 is 15.3 Å². The highest BCUT2D eigenvalue weighted by atomic mass is 35.5. The van der Waals surface area contributed by atoms with Crippen LogP contribution in [0.25, 0.3) is 0 Å². The number of hydrogen-bond acceptors (Lipinski definition) is 2. The Morgan fingerprint density at radius 1 is 1.30 bits per heavy atom. The molecule has 2 N–H and O–H groups in total. The van der Waals surface area contributed by atoms with Crippen molar-refractivity contribution in [3.8, 4) is 0 Å². The van der Waals surface area contributed by atoms with Gasteiger partial charge in [-0.05, 0) is 24.6 Å². The fourth-order valence-electron chi connectivity index (χ4n) is 1.70. The van der Waals surface area contributed by atoms with E-state index >= 15 is 0 Å². The molecule has 0 aliphatic carbocycles. The van der Waals surface area contributed by atoms with Crippen molar-refractivity contribution in [1.82, 2.24) is 10.2 Å². The molecule has 6 heteroatoms. The second-order valence-corrected chi connectivity index (χ2v) is 5.28. The number of carbonyl (C=O) groups is 2. The lowest BCUT2D eigenvalue weighted by Crippen LogP contribution is -2.41. The highest BCUT2D eigenvalue weighted by molar-refractivity contribution is 6.30. The van der Waals surface area contributed by atoms with Crippen LogP contribution >= 0.6 is 11.6 Å². The number of nitrogens with zero attached hydrogens (tertiary/aromatic N) is 1. The summed E-state index contributed by atoms with van der Waals surface area (Å²) < 4.78 is 0. The number of aliphatic carboxylic acids is 1. The molecule has 0 aliphatic rings. The van der Waals surface area contributed by atoms with Crippen molar-refractivity contribution >= 4 is 23.6 Å². The van der Waals surface area contributed by atoms with Crippen LogP contribution in [0.5, 0.6) is 0 Å². The summed E-state index contributed by atoms with van der Waals surface area (Å²) in [6.07, 6.45) is 0. The van der Waals surface area contributed by atoms with Crippen molar-refractivity contribution in [3.05, 3.63) is 34.9 Å². The number of carboxylic acid groups (broad SMARTS) is 1. The molecule has 1 rings (SSSR count). The molecule has 0 saturated heterocycles. The molecule has 0 heterocycles. The summed E-state index contributed by atoms with van der Waals surface area (Å²) in [5.74, 6) is -1.52. The lowest BCUT2D eigenvalue weighted by Gasteiger charge is -2.23. The molecule has 0 aromatic heterocycles. The predicted octanol–water partition coefficient (Wildman–Crippen LogP) is 2.76. The second-order valence-electron chi connectivity index (χ2n) is 4.84. The molecule has 0 bridgehead atoms. The number of amides is 2. The van der Waals surface area contributed by atoms with E-state index in [1.54, 1.807) is 26.1 Å². The van der Waals surface area contributed by atoms with Crippen molar-refractivity contribution in [1.29, 1.82) is 0 Å². The Morgan fingerprint density at radius 3 is 2.35 bits per heavy atom. The number of nitrogens with one attached hydrogen (secondary N) is 1. The average Bonchev–Trinajstić information content (AvgIpc) is 2.38. The molecule has 1 aromatic carbocycles. The third kappa shape index (κ3) is 4.74. The molecule has 1 aromatic rings. The lowest BCUT2D eigenvalue weighted by atomic mass is 10.1. The highest BCUT2D eigenvalue weighted by Gasteiger charge is 2.18. The summed E-state index contributed by atoms with van der Waals surface area (Å²) in [6, 6.07) is 6.72. The number of carboxylic acids is 1. The van der Waals surface area contributed by atoms with Crippen LogP contribution in [-0.4, -0.2) is 35.6 Å². The summed E-state index contributed by atoms with van der Waals surface area (Å²) in [4.78, 5) is 24.1. The summed E-state index contributed by atoms with van der Waals surface area (Å²) in [7, 11) is 1.57. The Kier molecular flexibility index (Phi) is 5.82. The second kappa shape index (κ2) is 7.14. The standard InChI is InChI=1S/C14H19ClN2O3/c1-9(13(18)19)8-17(3)14(20)16-10(2)11-4-6-12(15)7-5-11/h4-7,9-10H,8H2,1-3H3,(H,16,20)(H,18,19). The van der Waals surface area contributed by atoms with Crippen LogP contribution in [0, 0.1) is 5.92 Å². The van der Waals surface area contributed by atoms with Crippen LogP contribution in [0.15, 0.2) is 24.3 Å². The Hall–Kier alpha value is -1.75. The lowest BCUT2D eigenvalue weighted by molar-refractivity contribution is -0.141. The third-order valence-electron chi connectivity index (χ3n) is 3.03. The monoisotopic (exact) mass is 298 g/mol. The van der Waals surface area contributed by atoms with E-state index in [1.807, 2.05) is 19.1 Å². The van der Waals surface area contributed by atoms with E-state index in [0.717, 1.165) is 5.56 Å². The topological polar surface area (TPSA) is 69.6 Å². The zero-order chi connectivity index (χ0) is 15.3. The van der Waals surface area contributed by atoms with Gasteiger partial charge >= 0.3 is 12.0 Å². The molecule has 0 saturated carbocycles. The maximum Gasteiger partial charge on any atom is 0.317 e. The van der Waals surface area contributed by atoms with Gasteiger partial charge in [-0.3, -0.25) is 4.79 Å². The van der Waals surface area contributed by atoms with Gasteiger partial charge in [0.2, 0.25) is 0 Å². The normalized spacial score (nSPS) is 13.4. The molecule has 0 aliphatic heterocycles. The van der Waals surface area contributed by atoms with Crippen LogP contribution in [0.2, 0.25) is 5.02 Å². The van der Waals surface area contributed by atoms with Gasteiger partial charge in [0.15, 0.2) is 0 Å². The third-order valence-corrected chi connectivity index (χ3v) is 3.28. The van der Waals surface area contributed by atoms with E-state index in [0.29, 0.717) is 5.02 Å². The van der Waals surface area contributed by atoms with E-state index in [2.05, 4.69) is 5.32 Å². The fraction of sp³-hybridized carbons (Fsp3) is 0.429. The number of urea groups is 1. The van der Waals surface area contributed by atoms with Gasteiger partial charge in [-0.25, -0.2) is 4.79 Å². The van der Waals surface area contributed by atoms with E-state index < -0.39 is 11.9 Å². The predicted molar refractivity (Wildman–Crippen MR) is 77.8 cm³/mol. The minimum atomic E-state index is -0.921. The molecule has 0 fully saturated rings. The molecular weight excluding hydrogens is 280 g/mol. The molecule has 110 valence electrons. The van der Waals surface area contributed by atoms with Crippen LogP contribution in [-0.2, 0) is 4.79 Å². The Labute approximate surface area is 123 Å². The quantitative estimate of drug-likeness (QED) is 0.878. The summed E-state index contributed by atoms with van der Waals surface area (Å²) in [5.41, 5.74) is 0.933. The first-order valence-electron chi connectivity index (χ1n) is 6.31. The van der Waals surface area contributed by atoms with Gasteiger partial charge in [0.1, 0.15) is 0 Å². The number of hydrogen-bond donors (Lipinski definition) is 2. The number of benzene rings is 1. The smallest absolute Gasteiger partial charge is 0.317 e. The molecular formula is C14H19ClN2O3. The summed E-state index contributed by atoms with van der Waals surface area (Å²) >= 11 is 5.81. The Morgan fingerprint density at radius 2 is 1.85 bits per heavy atom. The zero-order valence-corrected chi connectivity index (χ0v) is 12.5. The maximum atomic E-state index is 11.9. The van der Waals surface area contributed by atoms with Gasteiger partial charge in [0.05, 0.1) is 12.0 Å². The van der Waals surface area contributed by atoms with E-state index in [9.17, 15) is 9.59 Å². The van der Waals surface area contributed by atoms with Crippen molar-refractivity contribution in [2.45, 2.75) is 19.9 Å². The molecule has 2 atom stereocenters. The maximum absolute atomic E-state index is 11.9. The van der Waals surface area contributed by atoms with Crippen molar-refractivity contribution in [2.75, 3.05) is 13.6 Å². The van der Waals surface area contributed by atoms with Crippen LogP contribution in [0.1, 0.15) is 25.5 Å². The van der Waals surface area contributed by atoms with Crippen molar-refractivity contribution < 1.29 is 14.7 Å². The number of rotatable bonds is 5. The highest BCUT2D eigenvalue weighted by Crippen LogP contribution is 2.16. The van der Waals surface area contributed by atoms with Gasteiger partial charge in [0.25, 0.3) is 0 Å². The summed E-state index contributed by atoms with van der Waals surface area (Å²) in [5, 5.41) is 12.3. The SMILES string of the molecule is CC(CN(C)C(=O)NC(C)c1ccc(Cl)cc1)C(=O)O. The first-order chi connectivity index (χ1) is 9.31. The Bertz CT molecular complexity index is 476. The minimum absolute atomic E-state index is 0.161. The van der Waals surface area contributed by atoms with E-state index in [-0.39, 0.29) is 18.6 Å². The minimum Gasteiger partial charge on any atom is -0.481 e. The molecule has 2 amide bonds. The fourth-order valence-corrected chi connectivity index (χ4v) is 1.83.